The molecule has 9 heteroatoms. The van der Waals surface area contributed by atoms with Crippen LogP contribution in [-0.4, -0.2) is 69.0 Å². The van der Waals surface area contributed by atoms with Gasteiger partial charge in [0.1, 0.15) is 24.3 Å². The molecule has 1 aliphatic heterocycles. The molecule has 1 aromatic carbocycles. The molecule has 1 N–H and O–H groups in total. The SMILES string of the molecule is Cc1ncn(-c2cc(N3CCN(C(=O)CNC(=O)c4ccccc4)CC3)ncn2)c1C. The highest BCUT2D eigenvalue weighted by Crippen LogP contribution is 2.18. The molecule has 0 radical (unpaired) electrons. The summed E-state index contributed by atoms with van der Waals surface area (Å²) in [5, 5.41) is 2.70. The van der Waals surface area contributed by atoms with Crippen LogP contribution in [0.2, 0.25) is 0 Å². The molecule has 3 aromatic rings. The van der Waals surface area contributed by atoms with Crippen LogP contribution < -0.4 is 10.2 Å². The fourth-order valence-electron chi connectivity index (χ4n) is 3.52. The number of piperazine rings is 1. The van der Waals surface area contributed by atoms with Crippen LogP contribution in [0, 0.1) is 13.8 Å². The van der Waals surface area contributed by atoms with Gasteiger partial charge in [-0.25, -0.2) is 15.0 Å². The van der Waals surface area contributed by atoms with Crippen molar-refractivity contribution < 1.29 is 9.59 Å². The molecule has 0 saturated carbocycles. The average molecular weight is 419 g/mol. The lowest BCUT2D eigenvalue weighted by atomic mass is 10.2. The number of benzene rings is 1. The van der Waals surface area contributed by atoms with Crippen molar-refractivity contribution in [3.05, 3.63) is 66.0 Å². The number of hydrogen-bond donors (Lipinski definition) is 1. The number of nitrogens with zero attached hydrogens (tertiary/aromatic N) is 6. The van der Waals surface area contributed by atoms with Gasteiger partial charge in [-0.15, -0.1) is 0 Å². The quantitative estimate of drug-likeness (QED) is 0.671. The van der Waals surface area contributed by atoms with Crippen molar-refractivity contribution in [1.82, 2.24) is 29.7 Å². The first-order valence-corrected chi connectivity index (χ1v) is 10.2. The smallest absolute Gasteiger partial charge is 0.251 e. The molecular weight excluding hydrogens is 394 g/mol. The highest BCUT2D eigenvalue weighted by Gasteiger charge is 2.23. The third-order valence-electron chi connectivity index (χ3n) is 5.53. The fourth-order valence-corrected chi connectivity index (χ4v) is 3.52. The van der Waals surface area contributed by atoms with Crippen LogP contribution in [0.15, 0.2) is 49.1 Å². The topological polar surface area (TPSA) is 96.2 Å². The van der Waals surface area contributed by atoms with Gasteiger partial charge in [0, 0.05) is 43.5 Å². The summed E-state index contributed by atoms with van der Waals surface area (Å²) in [6.45, 7) is 6.43. The van der Waals surface area contributed by atoms with E-state index in [9.17, 15) is 9.59 Å². The van der Waals surface area contributed by atoms with Crippen LogP contribution in [0.25, 0.3) is 5.82 Å². The van der Waals surface area contributed by atoms with E-state index in [1.165, 1.54) is 0 Å². The molecule has 31 heavy (non-hydrogen) atoms. The summed E-state index contributed by atoms with van der Waals surface area (Å²) in [6.07, 6.45) is 3.31. The summed E-state index contributed by atoms with van der Waals surface area (Å²) < 4.78 is 1.94. The molecule has 1 fully saturated rings. The first-order chi connectivity index (χ1) is 15.0. The average Bonchev–Trinajstić information content (AvgIpc) is 3.16. The van der Waals surface area contributed by atoms with Crippen LogP contribution in [0.3, 0.4) is 0 Å². The van der Waals surface area contributed by atoms with Gasteiger partial charge in [0.2, 0.25) is 5.91 Å². The van der Waals surface area contributed by atoms with E-state index < -0.39 is 0 Å². The Morgan fingerprint density at radius 1 is 0.968 bits per heavy atom. The molecule has 1 aliphatic rings. The molecule has 2 aromatic heterocycles. The predicted molar refractivity (Wildman–Crippen MR) is 116 cm³/mol. The van der Waals surface area contributed by atoms with Crippen molar-refractivity contribution in [3.63, 3.8) is 0 Å². The summed E-state index contributed by atoms with van der Waals surface area (Å²) >= 11 is 0. The lowest BCUT2D eigenvalue weighted by Crippen LogP contribution is -2.51. The molecule has 3 heterocycles. The van der Waals surface area contributed by atoms with E-state index in [2.05, 4.69) is 25.2 Å². The molecular formula is C22H25N7O2. The monoisotopic (exact) mass is 419 g/mol. The maximum atomic E-state index is 12.5. The molecule has 0 unspecified atom stereocenters. The van der Waals surface area contributed by atoms with Gasteiger partial charge in [-0.3, -0.25) is 14.2 Å². The predicted octanol–water partition coefficient (Wildman–Crippen LogP) is 1.36. The van der Waals surface area contributed by atoms with Crippen molar-refractivity contribution >= 4 is 17.6 Å². The third kappa shape index (κ3) is 4.55. The van der Waals surface area contributed by atoms with Gasteiger partial charge in [0.15, 0.2) is 0 Å². The second kappa shape index (κ2) is 8.95. The summed E-state index contributed by atoms with van der Waals surface area (Å²) in [5.41, 5.74) is 2.55. The van der Waals surface area contributed by atoms with E-state index in [1.54, 1.807) is 41.8 Å². The van der Waals surface area contributed by atoms with Gasteiger partial charge in [0.05, 0.1) is 12.2 Å². The number of carbonyl (C=O) groups excluding carboxylic acids is 2. The minimum absolute atomic E-state index is 0.00929. The first kappa shape index (κ1) is 20.5. The van der Waals surface area contributed by atoms with Crippen molar-refractivity contribution in [2.75, 3.05) is 37.6 Å². The number of nitrogens with one attached hydrogen (secondary N) is 1. The molecule has 2 amide bonds. The van der Waals surface area contributed by atoms with Crippen molar-refractivity contribution in [2.45, 2.75) is 13.8 Å². The van der Waals surface area contributed by atoms with E-state index in [0.717, 1.165) is 23.0 Å². The molecule has 9 nitrogen and oxygen atoms in total. The van der Waals surface area contributed by atoms with Gasteiger partial charge >= 0.3 is 0 Å². The normalized spacial score (nSPS) is 13.9. The van der Waals surface area contributed by atoms with Gasteiger partial charge in [-0.05, 0) is 26.0 Å². The largest absolute Gasteiger partial charge is 0.353 e. The second-order valence-corrected chi connectivity index (χ2v) is 7.44. The minimum atomic E-state index is -0.244. The Balaban J connectivity index is 1.32. The third-order valence-corrected chi connectivity index (χ3v) is 5.53. The fraction of sp³-hybridized carbons (Fsp3) is 0.318. The van der Waals surface area contributed by atoms with Gasteiger partial charge in [0.25, 0.3) is 5.91 Å². The maximum Gasteiger partial charge on any atom is 0.251 e. The zero-order chi connectivity index (χ0) is 21.8. The van der Waals surface area contributed by atoms with E-state index in [0.29, 0.717) is 31.7 Å². The summed E-state index contributed by atoms with van der Waals surface area (Å²) in [7, 11) is 0. The maximum absolute atomic E-state index is 12.5. The number of aromatic nitrogens is 4. The Hall–Kier alpha value is -3.75. The molecule has 1 saturated heterocycles. The van der Waals surface area contributed by atoms with Crippen molar-refractivity contribution in [1.29, 1.82) is 0 Å². The Kier molecular flexibility index (Phi) is 5.92. The second-order valence-electron chi connectivity index (χ2n) is 7.44. The number of amides is 2. The Bertz CT molecular complexity index is 1070. The lowest BCUT2D eigenvalue weighted by molar-refractivity contribution is -0.130. The summed E-state index contributed by atoms with van der Waals surface area (Å²) in [5.74, 6) is 1.26. The Labute approximate surface area is 180 Å². The van der Waals surface area contributed by atoms with Crippen LogP contribution in [0.5, 0.6) is 0 Å². The number of carbonyl (C=O) groups is 2. The standard InChI is InChI=1S/C22H25N7O2/c1-16-17(2)29(15-26-16)20-12-19(24-14-25-20)27-8-10-28(11-9-27)21(30)13-23-22(31)18-6-4-3-5-7-18/h3-7,12,14-15H,8-11,13H2,1-2H3,(H,23,31). The minimum Gasteiger partial charge on any atom is -0.353 e. The van der Waals surface area contributed by atoms with E-state index in [-0.39, 0.29) is 18.4 Å². The molecule has 0 bridgehead atoms. The zero-order valence-corrected chi connectivity index (χ0v) is 17.7. The molecule has 0 aliphatic carbocycles. The number of hydrogen-bond acceptors (Lipinski definition) is 6. The van der Waals surface area contributed by atoms with Crippen molar-refractivity contribution in [3.8, 4) is 5.82 Å². The summed E-state index contributed by atoms with van der Waals surface area (Å²) in [6, 6.07) is 10.8. The van der Waals surface area contributed by atoms with E-state index in [4.69, 9.17) is 0 Å². The molecule has 0 atom stereocenters. The van der Waals surface area contributed by atoms with E-state index >= 15 is 0 Å². The highest BCUT2D eigenvalue weighted by atomic mass is 16.2. The summed E-state index contributed by atoms with van der Waals surface area (Å²) in [4.78, 5) is 41.7. The van der Waals surface area contributed by atoms with Crippen molar-refractivity contribution in [2.24, 2.45) is 0 Å². The zero-order valence-electron chi connectivity index (χ0n) is 17.7. The lowest BCUT2D eigenvalue weighted by Gasteiger charge is -2.35. The van der Waals surface area contributed by atoms with Crippen LogP contribution in [0.4, 0.5) is 5.82 Å². The Morgan fingerprint density at radius 3 is 2.35 bits per heavy atom. The van der Waals surface area contributed by atoms with Gasteiger partial charge < -0.3 is 15.1 Å². The van der Waals surface area contributed by atoms with E-state index in [1.807, 2.05) is 30.5 Å². The molecule has 160 valence electrons. The Morgan fingerprint density at radius 2 is 1.68 bits per heavy atom. The number of rotatable bonds is 5. The number of aryl methyl sites for hydroxylation is 1. The first-order valence-electron chi connectivity index (χ1n) is 10.2. The van der Waals surface area contributed by atoms with Crippen LogP contribution in [0.1, 0.15) is 21.7 Å². The number of imidazole rings is 1. The van der Waals surface area contributed by atoms with Gasteiger partial charge in [-0.1, -0.05) is 18.2 Å². The van der Waals surface area contributed by atoms with Crippen LogP contribution >= 0.6 is 0 Å². The molecule has 0 spiro atoms. The molecule has 4 rings (SSSR count). The van der Waals surface area contributed by atoms with Crippen LogP contribution in [-0.2, 0) is 4.79 Å². The number of anilines is 1. The van der Waals surface area contributed by atoms with Gasteiger partial charge in [-0.2, -0.15) is 0 Å². The highest BCUT2D eigenvalue weighted by molar-refractivity contribution is 5.96.